The second kappa shape index (κ2) is 5.52. The van der Waals surface area contributed by atoms with Gasteiger partial charge in [0.25, 0.3) is 0 Å². The topological polar surface area (TPSA) is 66.4 Å². The molecule has 0 saturated carbocycles. The van der Waals surface area contributed by atoms with E-state index in [9.17, 15) is 22.8 Å². The summed E-state index contributed by atoms with van der Waals surface area (Å²) in [4.78, 5) is 21.9. The second-order valence-corrected chi connectivity index (χ2v) is 3.48. The molecular weight excluding hydrogens is 251 g/mol. The highest BCUT2D eigenvalue weighted by Crippen LogP contribution is 2.14. The average Bonchev–Trinajstić information content (AvgIpc) is 2.27. The number of Topliss-reactive ketones (excluding diaryl/α,β-unsaturated/α-hetero) is 1. The zero-order valence-electron chi connectivity index (χ0n) is 9.12. The van der Waals surface area contributed by atoms with E-state index in [1.165, 1.54) is 24.3 Å². The highest BCUT2D eigenvalue weighted by molar-refractivity contribution is 5.96. The van der Waals surface area contributed by atoms with E-state index in [0.717, 1.165) is 0 Å². The quantitative estimate of drug-likeness (QED) is 0.810. The van der Waals surface area contributed by atoms with Crippen LogP contribution < -0.4 is 5.32 Å². The van der Waals surface area contributed by atoms with Crippen LogP contribution in [0.4, 0.5) is 13.2 Å². The number of phenols is 1. The van der Waals surface area contributed by atoms with Gasteiger partial charge >= 0.3 is 12.1 Å². The molecule has 0 radical (unpaired) electrons. The lowest BCUT2D eigenvalue weighted by Gasteiger charge is -2.07. The van der Waals surface area contributed by atoms with Gasteiger partial charge in [-0.2, -0.15) is 13.2 Å². The fourth-order valence-corrected chi connectivity index (χ4v) is 1.21. The van der Waals surface area contributed by atoms with Gasteiger partial charge in [-0.05, 0) is 12.1 Å². The Balaban J connectivity index is 2.46. The molecule has 0 fully saturated rings. The van der Waals surface area contributed by atoms with Crippen LogP contribution >= 0.6 is 0 Å². The molecule has 0 aliphatic carbocycles. The van der Waals surface area contributed by atoms with Crippen LogP contribution in [0.25, 0.3) is 0 Å². The molecule has 0 atom stereocenters. The molecule has 1 aromatic carbocycles. The molecule has 0 spiro atoms. The van der Waals surface area contributed by atoms with Gasteiger partial charge in [0.05, 0.1) is 0 Å². The summed E-state index contributed by atoms with van der Waals surface area (Å²) in [6.45, 7) is -0.410. The summed E-state index contributed by atoms with van der Waals surface area (Å²) in [5, 5.41) is 10.7. The number of aromatic hydroxyl groups is 1. The number of carbonyl (C=O) groups excluding carboxylic acids is 2. The minimum atomic E-state index is -4.95. The van der Waals surface area contributed by atoms with Crippen molar-refractivity contribution in [2.24, 2.45) is 0 Å². The number of hydrogen-bond acceptors (Lipinski definition) is 3. The highest BCUT2D eigenvalue weighted by atomic mass is 19.4. The Labute approximate surface area is 100 Å². The number of benzene rings is 1. The summed E-state index contributed by atoms with van der Waals surface area (Å²) in [5.74, 6) is -2.65. The standard InChI is InChI=1S/C11H10F3NO3/c12-11(13,14)10(18)15-5-4-9(17)7-2-1-3-8(16)6-7/h1-3,6,16H,4-5H2,(H,15,18). The molecule has 4 nitrogen and oxygen atoms in total. The van der Waals surface area contributed by atoms with Crippen molar-refractivity contribution in [3.63, 3.8) is 0 Å². The van der Waals surface area contributed by atoms with E-state index < -0.39 is 24.4 Å². The SMILES string of the molecule is O=C(CCNC(=O)C(F)(F)F)c1cccc(O)c1. The number of phenolic OH excluding ortho intramolecular Hbond substituents is 1. The molecule has 7 heteroatoms. The summed E-state index contributed by atoms with van der Waals surface area (Å²) < 4.78 is 35.5. The van der Waals surface area contributed by atoms with E-state index in [0.29, 0.717) is 0 Å². The largest absolute Gasteiger partial charge is 0.508 e. The molecule has 18 heavy (non-hydrogen) atoms. The molecule has 0 aromatic heterocycles. The van der Waals surface area contributed by atoms with Crippen LogP contribution in [-0.4, -0.2) is 29.5 Å². The minimum Gasteiger partial charge on any atom is -0.508 e. The molecule has 1 rings (SSSR count). The van der Waals surface area contributed by atoms with E-state index in [-0.39, 0.29) is 17.7 Å². The fourth-order valence-electron chi connectivity index (χ4n) is 1.21. The molecule has 0 unspecified atom stereocenters. The van der Waals surface area contributed by atoms with E-state index in [4.69, 9.17) is 5.11 Å². The predicted octanol–water partition coefficient (Wildman–Crippen LogP) is 1.64. The number of halogens is 3. The summed E-state index contributed by atoms with van der Waals surface area (Å²) in [6.07, 6.45) is -5.22. The van der Waals surface area contributed by atoms with Crippen LogP contribution in [0.2, 0.25) is 0 Å². The molecule has 0 heterocycles. The van der Waals surface area contributed by atoms with Gasteiger partial charge in [-0.15, -0.1) is 0 Å². The average molecular weight is 261 g/mol. The number of nitrogens with one attached hydrogen (secondary N) is 1. The Morgan fingerprint density at radius 2 is 1.94 bits per heavy atom. The van der Waals surface area contributed by atoms with Crippen LogP contribution in [0.3, 0.4) is 0 Å². The van der Waals surface area contributed by atoms with Gasteiger partial charge in [0.15, 0.2) is 5.78 Å². The Kier molecular flexibility index (Phi) is 4.30. The van der Waals surface area contributed by atoms with Crippen molar-refractivity contribution in [3.8, 4) is 5.75 Å². The molecular formula is C11H10F3NO3. The molecule has 1 amide bonds. The lowest BCUT2D eigenvalue weighted by atomic mass is 10.1. The summed E-state index contributed by atoms with van der Waals surface area (Å²) in [6, 6.07) is 5.43. The summed E-state index contributed by atoms with van der Waals surface area (Å²) in [7, 11) is 0. The monoisotopic (exact) mass is 261 g/mol. The molecule has 98 valence electrons. The minimum absolute atomic E-state index is 0.111. The van der Waals surface area contributed by atoms with Gasteiger partial charge in [0, 0.05) is 18.5 Å². The van der Waals surface area contributed by atoms with Crippen molar-refractivity contribution in [2.75, 3.05) is 6.54 Å². The molecule has 0 aliphatic rings. The van der Waals surface area contributed by atoms with Crippen molar-refractivity contribution in [1.29, 1.82) is 0 Å². The first-order valence-electron chi connectivity index (χ1n) is 4.98. The molecule has 0 bridgehead atoms. The first-order valence-corrected chi connectivity index (χ1v) is 4.98. The normalized spacial score (nSPS) is 11.1. The van der Waals surface area contributed by atoms with Gasteiger partial charge < -0.3 is 10.4 Å². The van der Waals surface area contributed by atoms with Gasteiger partial charge in [-0.1, -0.05) is 12.1 Å². The molecule has 0 aliphatic heterocycles. The van der Waals surface area contributed by atoms with Crippen LogP contribution in [-0.2, 0) is 4.79 Å². The van der Waals surface area contributed by atoms with Crippen molar-refractivity contribution in [2.45, 2.75) is 12.6 Å². The van der Waals surface area contributed by atoms with Crippen LogP contribution in [0.5, 0.6) is 5.75 Å². The van der Waals surface area contributed by atoms with E-state index in [1.807, 2.05) is 0 Å². The highest BCUT2D eigenvalue weighted by Gasteiger charge is 2.38. The number of rotatable bonds is 4. The van der Waals surface area contributed by atoms with E-state index in [2.05, 4.69) is 0 Å². The third-order valence-corrected chi connectivity index (χ3v) is 2.06. The van der Waals surface area contributed by atoms with Gasteiger partial charge in [-0.25, -0.2) is 0 Å². The third-order valence-electron chi connectivity index (χ3n) is 2.06. The van der Waals surface area contributed by atoms with Crippen molar-refractivity contribution < 1.29 is 27.9 Å². The number of hydrogen-bond donors (Lipinski definition) is 2. The Bertz CT molecular complexity index is 457. The zero-order valence-corrected chi connectivity index (χ0v) is 9.12. The smallest absolute Gasteiger partial charge is 0.471 e. The first kappa shape index (κ1) is 14.0. The van der Waals surface area contributed by atoms with Gasteiger partial charge in [-0.3, -0.25) is 9.59 Å². The molecule has 1 aromatic rings. The summed E-state index contributed by atoms with van der Waals surface area (Å²) in [5.41, 5.74) is 0.177. The number of ketones is 1. The van der Waals surface area contributed by atoms with Crippen LogP contribution in [0.1, 0.15) is 16.8 Å². The molecule has 0 saturated heterocycles. The van der Waals surface area contributed by atoms with Crippen LogP contribution in [0, 0.1) is 0 Å². The maximum absolute atomic E-state index is 11.8. The maximum Gasteiger partial charge on any atom is 0.471 e. The lowest BCUT2D eigenvalue weighted by Crippen LogP contribution is -2.37. The fraction of sp³-hybridized carbons (Fsp3) is 0.273. The van der Waals surface area contributed by atoms with E-state index in [1.54, 1.807) is 5.32 Å². The summed E-state index contributed by atoms with van der Waals surface area (Å²) >= 11 is 0. The zero-order chi connectivity index (χ0) is 13.8. The number of carbonyl (C=O) groups is 2. The van der Waals surface area contributed by atoms with Gasteiger partial charge in [0.1, 0.15) is 5.75 Å². The Morgan fingerprint density at radius 3 is 2.50 bits per heavy atom. The third kappa shape index (κ3) is 4.08. The number of alkyl halides is 3. The predicted molar refractivity (Wildman–Crippen MR) is 56.1 cm³/mol. The molecule has 2 N–H and O–H groups in total. The second-order valence-electron chi connectivity index (χ2n) is 3.48. The Morgan fingerprint density at radius 1 is 1.28 bits per heavy atom. The van der Waals surface area contributed by atoms with Crippen molar-refractivity contribution >= 4 is 11.7 Å². The number of amides is 1. The Hall–Kier alpha value is -2.05. The lowest BCUT2D eigenvalue weighted by molar-refractivity contribution is -0.173. The maximum atomic E-state index is 11.8. The van der Waals surface area contributed by atoms with E-state index >= 15 is 0 Å². The van der Waals surface area contributed by atoms with Crippen molar-refractivity contribution in [1.82, 2.24) is 5.32 Å². The van der Waals surface area contributed by atoms with Gasteiger partial charge in [0.2, 0.25) is 0 Å². The first-order chi connectivity index (χ1) is 8.30. The van der Waals surface area contributed by atoms with Crippen LogP contribution in [0.15, 0.2) is 24.3 Å². The van der Waals surface area contributed by atoms with Crippen molar-refractivity contribution in [3.05, 3.63) is 29.8 Å².